The van der Waals surface area contributed by atoms with Crippen LogP contribution in [0.2, 0.25) is 5.02 Å². The molecule has 0 spiro atoms. The highest BCUT2D eigenvalue weighted by Crippen LogP contribution is 2.18. The van der Waals surface area contributed by atoms with Crippen molar-refractivity contribution in [3.8, 4) is 0 Å². The van der Waals surface area contributed by atoms with Crippen molar-refractivity contribution >= 4 is 23.5 Å². The second-order valence-electron chi connectivity index (χ2n) is 4.85. The first-order chi connectivity index (χ1) is 10.0. The number of methoxy groups -OCH3 is 1. The molecular weight excluding hydrogens is 299 g/mol. The van der Waals surface area contributed by atoms with Gasteiger partial charge in [0.25, 0.3) is 0 Å². The summed E-state index contributed by atoms with van der Waals surface area (Å²) in [6, 6.07) is 4.15. The van der Waals surface area contributed by atoms with Crippen LogP contribution in [0.25, 0.3) is 0 Å². The lowest BCUT2D eigenvalue weighted by molar-refractivity contribution is -0.144. The van der Waals surface area contributed by atoms with E-state index in [-0.39, 0.29) is 29.4 Å². The Hall–Kier alpha value is -1.66. The van der Waals surface area contributed by atoms with Crippen LogP contribution in [0.3, 0.4) is 0 Å². The molecule has 1 aliphatic heterocycles. The third-order valence-corrected chi connectivity index (χ3v) is 3.76. The Balaban J connectivity index is 1.88. The maximum absolute atomic E-state index is 13.7. The van der Waals surface area contributed by atoms with E-state index in [9.17, 15) is 14.0 Å². The molecule has 1 fully saturated rings. The second kappa shape index (κ2) is 6.87. The summed E-state index contributed by atoms with van der Waals surface area (Å²) in [5.74, 6) is -1.47. The van der Waals surface area contributed by atoms with E-state index in [2.05, 4.69) is 15.4 Å². The Labute approximate surface area is 126 Å². The van der Waals surface area contributed by atoms with Crippen molar-refractivity contribution in [3.63, 3.8) is 0 Å². The Bertz CT molecular complexity index is 553. The average molecular weight is 315 g/mol. The van der Waals surface area contributed by atoms with Crippen molar-refractivity contribution in [3.05, 3.63) is 34.6 Å². The molecule has 0 aromatic heterocycles. The largest absolute Gasteiger partial charge is 0.469 e. The van der Waals surface area contributed by atoms with E-state index in [0.717, 1.165) is 0 Å². The molecule has 1 aromatic rings. The molecule has 0 radical (unpaired) electrons. The number of hydrogen-bond donors (Lipinski definition) is 2. The maximum atomic E-state index is 13.7. The highest BCUT2D eigenvalue weighted by molar-refractivity contribution is 6.30. The highest BCUT2D eigenvalue weighted by Gasteiger charge is 2.34. The van der Waals surface area contributed by atoms with Gasteiger partial charge in [0.05, 0.1) is 24.1 Å². The molecule has 21 heavy (non-hydrogen) atoms. The van der Waals surface area contributed by atoms with Crippen LogP contribution < -0.4 is 10.6 Å². The number of benzene rings is 1. The molecule has 2 atom stereocenters. The van der Waals surface area contributed by atoms with Gasteiger partial charge in [-0.25, -0.2) is 4.39 Å². The number of amides is 1. The quantitative estimate of drug-likeness (QED) is 0.821. The van der Waals surface area contributed by atoms with Gasteiger partial charge in [-0.2, -0.15) is 0 Å². The van der Waals surface area contributed by atoms with Crippen molar-refractivity contribution < 1.29 is 18.7 Å². The lowest BCUT2D eigenvalue weighted by Gasteiger charge is -2.12. The van der Waals surface area contributed by atoms with E-state index >= 15 is 0 Å². The van der Waals surface area contributed by atoms with Gasteiger partial charge in [0, 0.05) is 18.7 Å². The molecule has 1 saturated heterocycles. The molecule has 1 aromatic carbocycles. The fourth-order valence-electron chi connectivity index (χ4n) is 2.27. The van der Waals surface area contributed by atoms with Crippen LogP contribution in [0.15, 0.2) is 18.2 Å². The van der Waals surface area contributed by atoms with E-state index in [1.54, 1.807) is 12.1 Å². The molecule has 114 valence electrons. The normalized spacial score (nSPS) is 21.1. The van der Waals surface area contributed by atoms with Gasteiger partial charge in [-0.1, -0.05) is 23.7 Å². The van der Waals surface area contributed by atoms with Crippen LogP contribution >= 0.6 is 11.6 Å². The monoisotopic (exact) mass is 314 g/mol. The Morgan fingerprint density at radius 2 is 2.29 bits per heavy atom. The Morgan fingerprint density at radius 3 is 3.00 bits per heavy atom. The number of halogens is 2. The third kappa shape index (κ3) is 3.71. The minimum Gasteiger partial charge on any atom is -0.469 e. The minimum atomic E-state index is -0.536. The van der Waals surface area contributed by atoms with Crippen LogP contribution in [-0.4, -0.2) is 31.6 Å². The average Bonchev–Trinajstić information content (AvgIpc) is 2.97. The molecule has 2 rings (SSSR count). The van der Waals surface area contributed by atoms with Crippen LogP contribution in [0.4, 0.5) is 4.39 Å². The highest BCUT2D eigenvalue weighted by atomic mass is 35.5. The first kappa shape index (κ1) is 15.7. The van der Waals surface area contributed by atoms with Gasteiger partial charge in [0.15, 0.2) is 0 Å². The summed E-state index contributed by atoms with van der Waals surface area (Å²) in [5.41, 5.74) is 0.318. The fourth-order valence-corrected chi connectivity index (χ4v) is 2.47. The molecule has 1 heterocycles. The van der Waals surface area contributed by atoms with Crippen LogP contribution in [0, 0.1) is 11.7 Å². The summed E-state index contributed by atoms with van der Waals surface area (Å²) in [7, 11) is 1.32. The number of rotatable bonds is 4. The summed E-state index contributed by atoms with van der Waals surface area (Å²) in [6.07, 6.45) is 0.372. The van der Waals surface area contributed by atoms with Gasteiger partial charge in [0.1, 0.15) is 5.82 Å². The Morgan fingerprint density at radius 1 is 1.52 bits per heavy atom. The van der Waals surface area contributed by atoms with Crippen molar-refractivity contribution in [1.82, 2.24) is 10.6 Å². The molecule has 5 nitrogen and oxygen atoms in total. The lowest BCUT2D eigenvalue weighted by atomic mass is 10.1. The Kier molecular flexibility index (Phi) is 5.14. The topological polar surface area (TPSA) is 67.4 Å². The molecule has 1 aliphatic rings. The second-order valence-corrected chi connectivity index (χ2v) is 5.25. The molecule has 2 N–H and O–H groups in total. The SMILES string of the molecule is COC(=O)[C@@H]1CN[C@H](C(=O)NCc2cccc(Cl)c2F)C1. The number of esters is 1. The lowest BCUT2D eigenvalue weighted by Crippen LogP contribution is -2.40. The predicted octanol–water partition coefficient (Wildman–Crippen LogP) is 1.25. The molecule has 0 bridgehead atoms. The van der Waals surface area contributed by atoms with Gasteiger partial charge in [-0.3, -0.25) is 9.59 Å². The summed E-state index contributed by atoms with van der Waals surface area (Å²) < 4.78 is 18.3. The van der Waals surface area contributed by atoms with E-state index in [1.807, 2.05) is 0 Å². The van der Waals surface area contributed by atoms with Gasteiger partial charge >= 0.3 is 5.97 Å². The van der Waals surface area contributed by atoms with Gasteiger partial charge in [-0.15, -0.1) is 0 Å². The molecule has 1 amide bonds. The molecule has 0 saturated carbocycles. The minimum absolute atomic E-state index is 0.0199. The van der Waals surface area contributed by atoms with Gasteiger partial charge in [0.2, 0.25) is 5.91 Å². The summed E-state index contributed by atoms with van der Waals surface area (Å²) in [6.45, 7) is 0.447. The summed E-state index contributed by atoms with van der Waals surface area (Å²) in [5, 5.41) is 5.61. The van der Waals surface area contributed by atoms with Crippen LogP contribution in [0.5, 0.6) is 0 Å². The van der Waals surface area contributed by atoms with Crippen molar-refractivity contribution in [2.75, 3.05) is 13.7 Å². The fraction of sp³-hybridized carbons (Fsp3) is 0.429. The standard InChI is InChI=1S/C14H16ClFN2O3/c1-21-14(20)9-5-11(17-7-9)13(19)18-6-8-3-2-4-10(15)12(8)16/h2-4,9,11,17H,5-7H2,1H3,(H,18,19)/t9-,11-/m0/s1. The zero-order valence-corrected chi connectivity index (χ0v) is 12.2. The van der Waals surface area contributed by atoms with Crippen LogP contribution in [0.1, 0.15) is 12.0 Å². The number of hydrogen-bond acceptors (Lipinski definition) is 4. The molecule has 0 aliphatic carbocycles. The number of carbonyl (C=O) groups excluding carboxylic acids is 2. The molecule has 0 unspecified atom stereocenters. The zero-order chi connectivity index (χ0) is 15.4. The molecule has 7 heteroatoms. The first-order valence-corrected chi connectivity index (χ1v) is 6.92. The van der Waals surface area contributed by atoms with Crippen molar-refractivity contribution in [2.45, 2.75) is 19.0 Å². The third-order valence-electron chi connectivity index (χ3n) is 3.47. The molecular formula is C14H16ClFN2O3. The number of nitrogens with one attached hydrogen (secondary N) is 2. The van der Waals surface area contributed by atoms with Gasteiger partial charge < -0.3 is 15.4 Å². The van der Waals surface area contributed by atoms with Crippen molar-refractivity contribution in [1.29, 1.82) is 0 Å². The maximum Gasteiger partial charge on any atom is 0.310 e. The number of carbonyl (C=O) groups is 2. The van der Waals surface area contributed by atoms with E-state index in [1.165, 1.54) is 13.2 Å². The van der Waals surface area contributed by atoms with Crippen LogP contribution in [-0.2, 0) is 20.9 Å². The van der Waals surface area contributed by atoms with E-state index in [4.69, 9.17) is 11.6 Å². The summed E-state index contributed by atoms with van der Waals surface area (Å²) in [4.78, 5) is 23.4. The van der Waals surface area contributed by atoms with Crippen molar-refractivity contribution in [2.24, 2.45) is 5.92 Å². The zero-order valence-electron chi connectivity index (χ0n) is 11.5. The smallest absolute Gasteiger partial charge is 0.310 e. The first-order valence-electron chi connectivity index (χ1n) is 6.54. The summed E-state index contributed by atoms with van der Waals surface area (Å²) >= 11 is 5.67. The number of ether oxygens (including phenoxy) is 1. The van der Waals surface area contributed by atoms with Gasteiger partial charge in [-0.05, 0) is 12.5 Å². The van der Waals surface area contributed by atoms with E-state index in [0.29, 0.717) is 18.5 Å². The van der Waals surface area contributed by atoms with E-state index < -0.39 is 11.9 Å². The predicted molar refractivity (Wildman–Crippen MR) is 75.2 cm³/mol.